The Morgan fingerprint density at radius 2 is 1.84 bits per heavy atom. The zero-order chi connectivity index (χ0) is 22.7. The molecule has 2 aromatic rings. The summed E-state index contributed by atoms with van der Waals surface area (Å²) in [5, 5.41) is 21.5. The van der Waals surface area contributed by atoms with Crippen LogP contribution in [0.15, 0.2) is 48.0 Å². The molecule has 1 aliphatic rings. The summed E-state index contributed by atoms with van der Waals surface area (Å²) in [5.41, 5.74) is 0.922. The summed E-state index contributed by atoms with van der Waals surface area (Å²) >= 11 is 5.94. The highest BCUT2D eigenvalue weighted by molar-refractivity contribution is 6.46. The van der Waals surface area contributed by atoms with Gasteiger partial charge < -0.3 is 24.7 Å². The van der Waals surface area contributed by atoms with Crippen molar-refractivity contribution in [1.82, 2.24) is 9.80 Å². The van der Waals surface area contributed by atoms with E-state index in [2.05, 4.69) is 0 Å². The van der Waals surface area contributed by atoms with Crippen LogP contribution in [0.4, 0.5) is 0 Å². The van der Waals surface area contributed by atoms with Gasteiger partial charge in [-0.2, -0.15) is 0 Å². The topological polar surface area (TPSA) is 90.3 Å². The Balaban J connectivity index is 2.13. The molecule has 2 aromatic carbocycles. The molecule has 0 saturated carbocycles. The van der Waals surface area contributed by atoms with Gasteiger partial charge in [0, 0.05) is 17.1 Å². The van der Waals surface area contributed by atoms with E-state index in [0.29, 0.717) is 29.1 Å². The number of ketones is 1. The zero-order valence-corrected chi connectivity index (χ0v) is 18.4. The summed E-state index contributed by atoms with van der Waals surface area (Å²) in [6.45, 7) is 1.06. The lowest BCUT2D eigenvalue weighted by atomic mass is 9.95. The molecule has 0 bridgehead atoms. The molecule has 31 heavy (non-hydrogen) atoms. The highest BCUT2D eigenvalue weighted by Crippen LogP contribution is 2.41. The Morgan fingerprint density at radius 1 is 1.16 bits per heavy atom. The number of amides is 1. The van der Waals surface area contributed by atoms with Crippen LogP contribution in [0.25, 0.3) is 5.76 Å². The van der Waals surface area contributed by atoms with E-state index < -0.39 is 17.7 Å². The average Bonchev–Trinajstić information content (AvgIpc) is 2.99. The molecule has 164 valence electrons. The summed E-state index contributed by atoms with van der Waals surface area (Å²) in [4.78, 5) is 29.3. The van der Waals surface area contributed by atoms with Crippen molar-refractivity contribution in [3.05, 3.63) is 64.2 Å². The molecule has 0 aliphatic carbocycles. The van der Waals surface area contributed by atoms with Crippen LogP contribution in [0.5, 0.6) is 11.5 Å². The summed E-state index contributed by atoms with van der Waals surface area (Å²) in [6.07, 6.45) is 0.646. The normalized spacial score (nSPS) is 18.1. The van der Waals surface area contributed by atoms with Gasteiger partial charge in [0.1, 0.15) is 5.76 Å². The largest absolute Gasteiger partial charge is 0.507 e. The number of phenolic OH excluding ortho intramolecular Hbond substituents is 1. The fourth-order valence-electron chi connectivity index (χ4n) is 3.64. The maximum atomic E-state index is 13.0. The number of nitrogens with zero attached hydrogens (tertiary/aromatic N) is 2. The number of halogens is 1. The number of phenols is 1. The third kappa shape index (κ3) is 4.68. The van der Waals surface area contributed by atoms with Crippen LogP contribution in [0.1, 0.15) is 23.6 Å². The molecule has 1 saturated heterocycles. The second kappa shape index (κ2) is 9.41. The standard InChI is InChI=1S/C23H25ClN2O5/c1-25(2)11-4-12-26-20(15-7-10-17(27)18(13-15)31-3)19(22(29)23(26)30)21(28)14-5-8-16(24)9-6-14/h5-10,13,20,27-28H,4,11-12H2,1-3H3/t20-/m1/s1. The number of carbonyl (C=O) groups excluding carboxylic acids is 2. The third-order valence-corrected chi connectivity index (χ3v) is 5.43. The minimum atomic E-state index is -0.813. The lowest BCUT2D eigenvalue weighted by Crippen LogP contribution is -2.32. The van der Waals surface area contributed by atoms with Gasteiger partial charge in [-0.1, -0.05) is 17.7 Å². The van der Waals surface area contributed by atoms with Crippen LogP contribution in [-0.2, 0) is 9.59 Å². The highest BCUT2D eigenvalue weighted by atomic mass is 35.5. The summed E-state index contributed by atoms with van der Waals surface area (Å²) in [5.74, 6) is -1.56. The molecule has 7 nitrogen and oxygen atoms in total. The van der Waals surface area contributed by atoms with E-state index in [9.17, 15) is 19.8 Å². The number of methoxy groups -OCH3 is 1. The molecular weight excluding hydrogens is 420 g/mol. The smallest absolute Gasteiger partial charge is 0.295 e. The quantitative estimate of drug-likeness (QED) is 0.386. The van der Waals surface area contributed by atoms with Gasteiger partial charge in [0.05, 0.1) is 18.7 Å². The van der Waals surface area contributed by atoms with Gasteiger partial charge in [0.15, 0.2) is 11.5 Å². The van der Waals surface area contributed by atoms with Crippen molar-refractivity contribution < 1.29 is 24.5 Å². The van der Waals surface area contributed by atoms with E-state index in [1.807, 2.05) is 19.0 Å². The Bertz CT molecular complexity index is 1020. The van der Waals surface area contributed by atoms with Gasteiger partial charge in [-0.3, -0.25) is 9.59 Å². The van der Waals surface area contributed by atoms with Crippen LogP contribution in [0.2, 0.25) is 5.02 Å². The van der Waals surface area contributed by atoms with E-state index in [0.717, 1.165) is 6.54 Å². The van der Waals surface area contributed by atoms with Gasteiger partial charge in [-0.05, 0) is 69.0 Å². The maximum Gasteiger partial charge on any atom is 0.295 e. The van der Waals surface area contributed by atoms with Crippen molar-refractivity contribution in [2.24, 2.45) is 0 Å². The summed E-state index contributed by atoms with van der Waals surface area (Å²) < 4.78 is 5.20. The lowest BCUT2D eigenvalue weighted by molar-refractivity contribution is -0.139. The molecule has 0 spiro atoms. The number of aliphatic hydroxyl groups is 1. The number of aliphatic hydroxyl groups excluding tert-OH is 1. The third-order valence-electron chi connectivity index (χ3n) is 5.18. The highest BCUT2D eigenvalue weighted by Gasteiger charge is 2.46. The van der Waals surface area contributed by atoms with Crippen molar-refractivity contribution in [1.29, 1.82) is 0 Å². The number of Topliss-reactive ketones (excluding diaryl/α,β-unsaturated/α-hetero) is 1. The predicted molar refractivity (Wildman–Crippen MR) is 118 cm³/mol. The predicted octanol–water partition coefficient (Wildman–Crippen LogP) is 3.43. The molecule has 3 rings (SSSR count). The first kappa shape index (κ1) is 22.7. The number of hydrogen-bond acceptors (Lipinski definition) is 6. The first-order chi connectivity index (χ1) is 14.7. The molecule has 1 heterocycles. The number of rotatable bonds is 7. The second-order valence-electron chi connectivity index (χ2n) is 7.59. The van der Waals surface area contributed by atoms with Gasteiger partial charge >= 0.3 is 0 Å². The van der Waals surface area contributed by atoms with E-state index in [1.165, 1.54) is 18.1 Å². The zero-order valence-electron chi connectivity index (χ0n) is 17.6. The van der Waals surface area contributed by atoms with Crippen molar-refractivity contribution in [2.45, 2.75) is 12.5 Å². The number of hydrogen-bond donors (Lipinski definition) is 2. The van der Waals surface area contributed by atoms with Gasteiger partial charge in [0.2, 0.25) is 0 Å². The Morgan fingerprint density at radius 3 is 2.45 bits per heavy atom. The first-order valence-corrected chi connectivity index (χ1v) is 10.2. The Kier molecular flexibility index (Phi) is 6.87. The molecule has 1 fully saturated rings. The molecule has 0 radical (unpaired) electrons. The van der Waals surface area contributed by atoms with Gasteiger partial charge in [-0.25, -0.2) is 0 Å². The van der Waals surface area contributed by atoms with Crippen molar-refractivity contribution in [2.75, 3.05) is 34.3 Å². The monoisotopic (exact) mass is 444 g/mol. The Labute approximate surface area is 186 Å². The van der Waals surface area contributed by atoms with E-state index in [-0.39, 0.29) is 22.8 Å². The number of benzene rings is 2. The molecule has 8 heteroatoms. The molecule has 2 N–H and O–H groups in total. The number of aromatic hydroxyl groups is 1. The van der Waals surface area contributed by atoms with Crippen LogP contribution >= 0.6 is 11.6 Å². The minimum Gasteiger partial charge on any atom is -0.507 e. The summed E-state index contributed by atoms with van der Waals surface area (Å²) in [7, 11) is 5.27. The SMILES string of the molecule is COc1cc([C@@H]2C(=C(O)c3ccc(Cl)cc3)C(=O)C(=O)N2CCCN(C)C)ccc1O. The van der Waals surface area contributed by atoms with Gasteiger partial charge in [-0.15, -0.1) is 0 Å². The van der Waals surface area contributed by atoms with E-state index in [4.69, 9.17) is 16.3 Å². The van der Waals surface area contributed by atoms with Crippen molar-refractivity contribution in [3.63, 3.8) is 0 Å². The molecule has 1 atom stereocenters. The molecule has 0 aromatic heterocycles. The number of carbonyl (C=O) groups is 2. The molecule has 1 amide bonds. The second-order valence-corrected chi connectivity index (χ2v) is 8.02. The van der Waals surface area contributed by atoms with Crippen molar-refractivity contribution in [3.8, 4) is 11.5 Å². The summed E-state index contributed by atoms with van der Waals surface area (Å²) in [6, 6.07) is 10.2. The molecule has 1 aliphatic heterocycles. The number of ether oxygens (including phenoxy) is 1. The van der Waals surface area contributed by atoms with Crippen molar-refractivity contribution >= 4 is 29.1 Å². The van der Waals surface area contributed by atoms with E-state index >= 15 is 0 Å². The molecular formula is C23H25ClN2O5. The van der Waals surface area contributed by atoms with Gasteiger partial charge in [0.25, 0.3) is 11.7 Å². The Hall–Kier alpha value is -3.03. The average molecular weight is 445 g/mol. The van der Waals surface area contributed by atoms with Crippen LogP contribution in [-0.4, -0.2) is 66.0 Å². The first-order valence-electron chi connectivity index (χ1n) is 9.80. The van der Waals surface area contributed by atoms with Crippen LogP contribution in [0.3, 0.4) is 0 Å². The van der Waals surface area contributed by atoms with E-state index in [1.54, 1.807) is 36.4 Å². The minimum absolute atomic E-state index is 0.00933. The molecule has 0 unspecified atom stereocenters. The number of likely N-dealkylation sites (tertiary alicyclic amines) is 1. The van der Waals surface area contributed by atoms with Crippen LogP contribution in [0, 0.1) is 0 Å². The fourth-order valence-corrected chi connectivity index (χ4v) is 3.77. The maximum absolute atomic E-state index is 13.0. The van der Waals surface area contributed by atoms with Crippen LogP contribution < -0.4 is 4.74 Å². The fraction of sp³-hybridized carbons (Fsp3) is 0.304. The lowest BCUT2D eigenvalue weighted by Gasteiger charge is -2.26.